The van der Waals surface area contributed by atoms with Crippen molar-refractivity contribution in [1.82, 2.24) is 19.8 Å². The number of nitrogens with one attached hydrogen (secondary N) is 1. The molecule has 190 valence electrons. The lowest BCUT2D eigenvalue weighted by molar-refractivity contribution is -0.126. The number of ether oxygens (including phenoxy) is 1. The van der Waals surface area contributed by atoms with Crippen LogP contribution in [0.25, 0.3) is 10.2 Å². The van der Waals surface area contributed by atoms with E-state index in [1.165, 1.54) is 18.5 Å². The molecule has 2 aromatic heterocycles. The van der Waals surface area contributed by atoms with Crippen LogP contribution < -0.4 is 5.32 Å². The topological polar surface area (TPSA) is 70.6 Å². The molecule has 2 atom stereocenters. The number of hydrogen-bond acceptors (Lipinski definition) is 7. The Morgan fingerprint density at radius 3 is 3.03 bits per heavy atom. The quantitative estimate of drug-likeness (QED) is 0.426. The van der Waals surface area contributed by atoms with E-state index in [0.29, 0.717) is 37.2 Å². The molecule has 1 aromatic carbocycles. The Morgan fingerprint density at radius 1 is 1.39 bits per heavy atom. The summed E-state index contributed by atoms with van der Waals surface area (Å²) in [5, 5.41) is 4.25. The minimum Gasteiger partial charge on any atom is -0.374 e. The number of carbonyl (C=O) groups excluding carboxylic acids is 1. The fourth-order valence-corrected chi connectivity index (χ4v) is 6.19. The summed E-state index contributed by atoms with van der Waals surface area (Å²) in [5.74, 6) is 0.206. The van der Waals surface area contributed by atoms with Crippen LogP contribution in [0.5, 0.6) is 0 Å². The lowest BCUT2D eigenvalue weighted by Gasteiger charge is -2.26. The van der Waals surface area contributed by atoms with Crippen LogP contribution >= 0.6 is 22.9 Å². The Labute approximate surface area is 218 Å². The standard InChI is InChI=1S/C26H29ClFN5O2S/c1-16-5-7-18(35-16)13-32(2)10-3-4-23(34)33-11-9-19-22(14-33)36-26-24(19)25(29-15-30-26)31-17-6-8-21(28)20(27)12-17/h3-4,6,8,12,15-16,18H,5,7,9-11,13-14H2,1-2H3,(H,29,30,31). The summed E-state index contributed by atoms with van der Waals surface area (Å²) < 4.78 is 19.4. The third-order valence-corrected chi connectivity index (χ3v) is 8.06. The van der Waals surface area contributed by atoms with Gasteiger partial charge in [0, 0.05) is 36.3 Å². The second kappa shape index (κ2) is 10.8. The lowest BCUT2D eigenvalue weighted by Crippen LogP contribution is -2.34. The molecule has 2 unspecified atom stereocenters. The molecule has 0 bridgehead atoms. The van der Waals surface area contributed by atoms with Crippen molar-refractivity contribution in [3.8, 4) is 0 Å². The van der Waals surface area contributed by atoms with Gasteiger partial charge in [0.2, 0.25) is 5.91 Å². The van der Waals surface area contributed by atoms with Crippen molar-refractivity contribution in [2.45, 2.75) is 44.9 Å². The van der Waals surface area contributed by atoms with E-state index < -0.39 is 5.82 Å². The molecule has 1 amide bonds. The molecule has 10 heteroatoms. The molecule has 1 fully saturated rings. The third-order valence-electron chi connectivity index (χ3n) is 6.64. The first kappa shape index (κ1) is 25.1. The molecule has 36 heavy (non-hydrogen) atoms. The number of thiophene rings is 1. The van der Waals surface area contributed by atoms with Crippen molar-refractivity contribution in [3.05, 3.63) is 58.0 Å². The van der Waals surface area contributed by atoms with Gasteiger partial charge in [-0.05, 0) is 57.0 Å². The van der Waals surface area contributed by atoms with Gasteiger partial charge in [0.05, 0.1) is 29.2 Å². The van der Waals surface area contributed by atoms with Gasteiger partial charge in [-0.25, -0.2) is 14.4 Å². The smallest absolute Gasteiger partial charge is 0.246 e. The van der Waals surface area contributed by atoms with Crippen molar-refractivity contribution in [3.63, 3.8) is 0 Å². The monoisotopic (exact) mass is 529 g/mol. The molecule has 1 saturated heterocycles. The Hall–Kier alpha value is -2.59. The van der Waals surface area contributed by atoms with E-state index in [4.69, 9.17) is 16.3 Å². The van der Waals surface area contributed by atoms with Gasteiger partial charge >= 0.3 is 0 Å². The Kier molecular flexibility index (Phi) is 7.52. The van der Waals surface area contributed by atoms with Crippen molar-refractivity contribution in [1.29, 1.82) is 0 Å². The maximum atomic E-state index is 13.6. The van der Waals surface area contributed by atoms with Gasteiger partial charge in [-0.15, -0.1) is 11.3 Å². The highest BCUT2D eigenvalue weighted by Crippen LogP contribution is 2.38. The molecule has 5 rings (SSSR count). The van der Waals surface area contributed by atoms with E-state index >= 15 is 0 Å². The maximum Gasteiger partial charge on any atom is 0.246 e. The van der Waals surface area contributed by atoms with Crippen molar-refractivity contribution < 1.29 is 13.9 Å². The summed E-state index contributed by atoms with van der Waals surface area (Å²) in [4.78, 5) is 27.8. The predicted octanol–water partition coefficient (Wildman–Crippen LogP) is 5.17. The molecular formula is C26H29ClFN5O2S. The number of amides is 1. The zero-order valence-electron chi connectivity index (χ0n) is 20.3. The van der Waals surface area contributed by atoms with Crippen LogP contribution in [0.1, 0.15) is 30.2 Å². The minimum atomic E-state index is -0.467. The predicted molar refractivity (Wildman–Crippen MR) is 141 cm³/mol. The second-order valence-corrected chi connectivity index (χ2v) is 10.9. The summed E-state index contributed by atoms with van der Waals surface area (Å²) in [6.07, 6.45) is 8.68. The zero-order chi connectivity index (χ0) is 25.2. The van der Waals surface area contributed by atoms with Gasteiger partial charge in [0.1, 0.15) is 22.8 Å². The van der Waals surface area contributed by atoms with Crippen LogP contribution in [0.3, 0.4) is 0 Å². The number of carbonyl (C=O) groups is 1. The maximum absolute atomic E-state index is 13.6. The molecule has 4 heterocycles. The van der Waals surface area contributed by atoms with E-state index in [1.807, 2.05) is 11.0 Å². The Balaban J connectivity index is 1.24. The minimum absolute atomic E-state index is 0.0163. The first-order chi connectivity index (χ1) is 17.4. The van der Waals surface area contributed by atoms with E-state index in [-0.39, 0.29) is 17.0 Å². The highest BCUT2D eigenvalue weighted by Gasteiger charge is 2.26. The second-order valence-electron chi connectivity index (χ2n) is 9.44. The lowest BCUT2D eigenvalue weighted by atomic mass is 10.0. The number of rotatable bonds is 7. The summed E-state index contributed by atoms with van der Waals surface area (Å²) >= 11 is 7.52. The number of likely N-dealkylation sites (N-methyl/N-ethyl adjacent to an activating group) is 1. The fourth-order valence-electron chi connectivity index (χ4n) is 4.80. The highest BCUT2D eigenvalue weighted by molar-refractivity contribution is 7.19. The van der Waals surface area contributed by atoms with Crippen LogP contribution in [-0.4, -0.2) is 64.6 Å². The van der Waals surface area contributed by atoms with Crippen LogP contribution in [-0.2, 0) is 22.5 Å². The average Bonchev–Trinajstić information content (AvgIpc) is 3.44. The average molecular weight is 530 g/mol. The summed E-state index contributed by atoms with van der Waals surface area (Å²) in [6.45, 7) is 4.87. The highest BCUT2D eigenvalue weighted by atomic mass is 35.5. The molecule has 3 aromatic rings. The summed E-state index contributed by atoms with van der Waals surface area (Å²) in [7, 11) is 2.05. The molecular weight excluding hydrogens is 501 g/mol. The molecule has 2 aliphatic rings. The van der Waals surface area contributed by atoms with Crippen LogP contribution in [0.4, 0.5) is 15.9 Å². The van der Waals surface area contributed by atoms with E-state index in [1.54, 1.807) is 23.5 Å². The number of fused-ring (bicyclic) bond motifs is 3. The van der Waals surface area contributed by atoms with Gasteiger partial charge in [-0.3, -0.25) is 4.79 Å². The van der Waals surface area contributed by atoms with Crippen LogP contribution in [0.15, 0.2) is 36.7 Å². The van der Waals surface area contributed by atoms with E-state index in [9.17, 15) is 9.18 Å². The van der Waals surface area contributed by atoms with E-state index in [0.717, 1.165) is 46.5 Å². The van der Waals surface area contributed by atoms with Gasteiger partial charge in [0.15, 0.2) is 0 Å². The van der Waals surface area contributed by atoms with Crippen molar-refractivity contribution in [2.24, 2.45) is 0 Å². The Morgan fingerprint density at radius 2 is 2.25 bits per heavy atom. The summed E-state index contributed by atoms with van der Waals surface area (Å²) in [5.41, 5.74) is 1.81. The molecule has 0 radical (unpaired) electrons. The normalized spacial score (nSPS) is 20.0. The number of aromatic nitrogens is 2. The third kappa shape index (κ3) is 5.54. The molecule has 0 saturated carbocycles. The molecule has 7 nitrogen and oxygen atoms in total. The van der Waals surface area contributed by atoms with Gasteiger partial charge in [0.25, 0.3) is 0 Å². The zero-order valence-corrected chi connectivity index (χ0v) is 21.9. The fraction of sp³-hybridized carbons (Fsp3) is 0.423. The molecule has 0 aliphatic carbocycles. The van der Waals surface area contributed by atoms with Gasteiger partial charge in [-0.2, -0.15) is 0 Å². The first-order valence-electron chi connectivity index (χ1n) is 12.1. The summed E-state index contributed by atoms with van der Waals surface area (Å²) in [6, 6.07) is 4.48. The number of halogens is 2. The van der Waals surface area contributed by atoms with Crippen molar-refractivity contribution in [2.75, 3.05) is 32.0 Å². The van der Waals surface area contributed by atoms with Gasteiger partial charge < -0.3 is 19.9 Å². The molecule has 1 N–H and O–H groups in total. The van der Waals surface area contributed by atoms with Crippen molar-refractivity contribution >= 4 is 50.6 Å². The number of benzene rings is 1. The SMILES string of the molecule is CC1CCC(CN(C)CC=CC(=O)N2CCc3c(sc4ncnc(Nc5ccc(F)c(Cl)c5)c34)C2)O1. The van der Waals surface area contributed by atoms with Crippen LogP contribution in [0, 0.1) is 5.82 Å². The number of anilines is 2. The van der Waals surface area contributed by atoms with Gasteiger partial charge in [-0.1, -0.05) is 17.7 Å². The number of nitrogens with zero attached hydrogens (tertiary/aromatic N) is 4. The molecule has 2 aliphatic heterocycles. The molecule has 0 spiro atoms. The largest absolute Gasteiger partial charge is 0.374 e. The van der Waals surface area contributed by atoms with Crippen LogP contribution in [0.2, 0.25) is 5.02 Å². The first-order valence-corrected chi connectivity index (χ1v) is 13.3. The van der Waals surface area contributed by atoms with E-state index in [2.05, 4.69) is 34.2 Å². The Bertz CT molecular complexity index is 1300. The number of hydrogen-bond donors (Lipinski definition) is 1.